The van der Waals surface area contributed by atoms with Gasteiger partial charge in [-0.15, -0.1) is 0 Å². The maximum Gasteiger partial charge on any atom is 0.292 e. The highest BCUT2D eigenvalue weighted by Crippen LogP contribution is 2.23. The van der Waals surface area contributed by atoms with Gasteiger partial charge in [0.1, 0.15) is 11.4 Å². The summed E-state index contributed by atoms with van der Waals surface area (Å²) in [5.41, 5.74) is 0.330. The fraction of sp³-hybridized carbons (Fsp3) is 0.0556. The number of nitro benzene ring substituents is 1. The molecule has 2 aromatic carbocycles. The standard InChI is InChI=1S/C18H14N4O4/c23-17-11-10-15(20-21(17)12-13-6-2-1-3-7-13)18(24)19-14-8-4-5-9-16(14)22(25)26/h1-11H,12H2,(H,19,24). The fourth-order valence-corrected chi connectivity index (χ4v) is 2.36. The minimum absolute atomic E-state index is 0.0151. The van der Waals surface area contributed by atoms with Crippen LogP contribution in [0.5, 0.6) is 0 Å². The summed E-state index contributed by atoms with van der Waals surface area (Å²) < 4.78 is 1.17. The Morgan fingerprint density at radius 2 is 1.73 bits per heavy atom. The van der Waals surface area contributed by atoms with Gasteiger partial charge in [0.15, 0.2) is 0 Å². The van der Waals surface area contributed by atoms with E-state index < -0.39 is 10.8 Å². The smallest absolute Gasteiger partial charge is 0.292 e. The van der Waals surface area contributed by atoms with Crippen LogP contribution in [0, 0.1) is 10.1 Å². The maximum absolute atomic E-state index is 12.4. The van der Waals surface area contributed by atoms with Crippen LogP contribution in [0.1, 0.15) is 16.1 Å². The van der Waals surface area contributed by atoms with Gasteiger partial charge in [-0.2, -0.15) is 5.10 Å². The van der Waals surface area contributed by atoms with E-state index in [1.165, 1.54) is 35.0 Å². The summed E-state index contributed by atoms with van der Waals surface area (Å²) in [4.78, 5) is 34.8. The van der Waals surface area contributed by atoms with E-state index in [-0.39, 0.29) is 29.2 Å². The van der Waals surface area contributed by atoms with Gasteiger partial charge in [-0.25, -0.2) is 4.68 Å². The fourth-order valence-electron chi connectivity index (χ4n) is 2.36. The van der Waals surface area contributed by atoms with Crippen molar-refractivity contribution in [2.24, 2.45) is 0 Å². The van der Waals surface area contributed by atoms with Crippen LogP contribution >= 0.6 is 0 Å². The van der Waals surface area contributed by atoms with Gasteiger partial charge in [-0.05, 0) is 17.7 Å². The first kappa shape index (κ1) is 17.0. The van der Waals surface area contributed by atoms with Crippen molar-refractivity contribution in [2.45, 2.75) is 6.54 Å². The highest BCUT2D eigenvalue weighted by atomic mass is 16.6. The number of para-hydroxylation sites is 2. The zero-order chi connectivity index (χ0) is 18.5. The Morgan fingerprint density at radius 3 is 2.46 bits per heavy atom. The summed E-state index contributed by atoms with van der Waals surface area (Å²) in [5.74, 6) is -0.638. The number of nitro groups is 1. The second-order valence-electron chi connectivity index (χ2n) is 5.43. The van der Waals surface area contributed by atoms with E-state index in [0.717, 1.165) is 5.56 Å². The Labute approximate surface area is 147 Å². The Morgan fingerprint density at radius 1 is 1.04 bits per heavy atom. The Bertz CT molecular complexity index is 1010. The zero-order valence-corrected chi connectivity index (χ0v) is 13.5. The molecule has 0 aliphatic rings. The molecule has 0 fully saturated rings. The average Bonchev–Trinajstić information content (AvgIpc) is 2.64. The molecular formula is C18H14N4O4. The van der Waals surface area contributed by atoms with Gasteiger partial charge in [0.25, 0.3) is 17.2 Å². The summed E-state index contributed by atoms with van der Waals surface area (Å²) in [6, 6.07) is 17.5. The summed E-state index contributed by atoms with van der Waals surface area (Å²) >= 11 is 0. The molecule has 0 unspecified atom stereocenters. The van der Waals surface area contributed by atoms with Crippen LogP contribution in [-0.2, 0) is 6.54 Å². The number of anilines is 1. The van der Waals surface area contributed by atoms with E-state index in [0.29, 0.717) is 0 Å². The van der Waals surface area contributed by atoms with E-state index >= 15 is 0 Å². The minimum atomic E-state index is -0.638. The molecule has 26 heavy (non-hydrogen) atoms. The number of amides is 1. The van der Waals surface area contributed by atoms with Crippen LogP contribution in [0.2, 0.25) is 0 Å². The molecule has 1 N–H and O–H groups in total. The number of hydrogen-bond donors (Lipinski definition) is 1. The van der Waals surface area contributed by atoms with E-state index in [4.69, 9.17) is 0 Å². The van der Waals surface area contributed by atoms with Gasteiger partial charge in [0.05, 0.1) is 11.5 Å². The third-order valence-corrected chi connectivity index (χ3v) is 3.62. The number of nitrogens with zero attached hydrogens (tertiary/aromatic N) is 3. The van der Waals surface area contributed by atoms with Crippen molar-refractivity contribution >= 4 is 17.3 Å². The molecule has 0 bridgehead atoms. The second-order valence-corrected chi connectivity index (χ2v) is 5.43. The Kier molecular flexibility index (Phi) is 4.84. The number of hydrogen-bond acceptors (Lipinski definition) is 5. The molecule has 1 aromatic heterocycles. The number of carbonyl (C=O) groups is 1. The van der Waals surface area contributed by atoms with E-state index in [1.807, 2.05) is 30.3 Å². The number of benzene rings is 2. The molecule has 0 radical (unpaired) electrons. The van der Waals surface area contributed by atoms with Gasteiger partial charge < -0.3 is 5.32 Å². The lowest BCUT2D eigenvalue weighted by molar-refractivity contribution is -0.383. The Balaban J connectivity index is 1.86. The lowest BCUT2D eigenvalue weighted by Crippen LogP contribution is -2.26. The van der Waals surface area contributed by atoms with Crippen molar-refractivity contribution in [1.82, 2.24) is 9.78 Å². The van der Waals surface area contributed by atoms with Gasteiger partial charge in [-0.1, -0.05) is 42.5 Å². The quantitative estimate of drug-likeness (QED) is 0.562. The second kappa shape index (κ2) is 7.39. The van der Waals surface area contributed by atoms with E-state index in [1.54, 1.807) is 6.07 Å². The van der Waals surface area contributed by atoms with Gasteiger partial charge in [0.2, 0.25) is 0 Å². The Hall–Kier alpha value is -3.81. The van der Waals surface area contributed by atoms with Crippen LogP contribution in [0.15, 0.2) is 71.5 Å². The van der Waals surface area contributed by atoms with Crippen LogP contribution < -0.4 is 10.9 Å². The summed E-state index contributed by atoms with van der Waals surface area (Å²) in [7, 11) is 0. The minimum Gasteiger partial charge on any atom is -0.315 e. The van der Waals surface area contributed by atoms with Crippen molar-refractivity contribution in [3.05, 3.63) is 98.5 Å². The first-order valence-electron chi connectivity index (χ1n) is 7.71. The lowest BCUT2D eigenvalue weighted by atomic mass is 10.2. The normalized spacial score (nSPS) is 10.3. The molecule has 0 aliphatic carbocycles. The van der Waals surface area contributed by atoms with Crippen molar-refractivity contribution in [3.8, 4) is 0 Å². The summed E-state index contributed by atoms with van der Waals surface area (Å²) in [5, 5.41) is 17.6. The van der Waals surface area contributed by atoms with Crippen LogP contribution in [-0.4, -0.2) is 20.6 Å². The maximum atomic E-state index is 12.4. The largest absolute Gasteiger partial charge is 0.315 e. The molecule has 3 rings (SSSR count). The average molecular weight is 350 g/mol. The van der Waals surface area contributed by atoms with Crippen LogP contribution in [0.25, 0.3) is 0 Å². The van der Waals surface area contributed by atoms with Crippen LogP contribution in [0.3, 0.4) is 0 Å². The number of rotatable bonds is 5. The molecule has 0 saturated heterocycles. The molecule has 0 aliphatic heterocycles. The first-order chi connectivity index (χ1) is 12.5. The molecule has 8 nitrogen and oxygen atoms in total. The highest BCUT2D eigenvalue weighted by Gasteiger charge is 2.17. The lowest BCUT2D eigenvalue weighted by Gasteiger charge is -2.08. The zero-order valence-electron chi connectivity index (χ0n) is 13.5. The van der Waals surface area contributed by atoms with Gasteiger partial charge in [0, 0.05) is 12.1 Å². The molecule has 0 spiro atoms. The molecular weight excluding hydrogens is 336 g/mol. The third-order valence-electron chi connectivity index (χ3n) is 3.62. The predicted octanol–water partition coefficient (Wildman–Crippen LogP) is 2.45. The van der Waals surface area contributed by atoms with Crippen molar-refractivity contribution in [3.63, 3.8) is 0 Å². The topological polar surface area (TPSA) is 107 Å². The van der Waals surface area contributed by atoms with Gasteiger partial charge in [-0.3, -0.25) is 19.7 Å². The number of nitrogens with one attached hydrogen (secondary N) is 1. The SMILES string of the molecule is O=C(Nc1ccccc1[N+](=O)[O-])c1ccc(=O)n(Cc2ccccc2)n1. The van der Waals surface area contributed by atoms with Crippen molar-refractivity contribution in [1.29, 1.82) is 0 Å². The third kappa shape index (κ3) is 3.81. The predicted molar refractivity (Wildman–Crippen MR) is 95.1 cm³/mol. The van der Waals surface area contributed by atoms with E-state index in [9.17, 15) is 19.7 Å². The highest BCUT2D eigenvalue weighted by molar-refractivity contribution is 6.03. The molecule has 8 heteroatoms. The molecule has 3 aromatic rings. The molecule has 1 amide bonds. The van der Waals surface area contributed by atoms with Crippen LogP contribution in [0.4, 0.5) is 11.4 Å². The molecule has 1 heterocycles. The van der Waals surface area contributed by atoms with Gasteiger partial charge >= 0.3 is 0 Å². The summed E-state index contributed by atoms with van der Waals surface area (Å²) in [6.45, 7) is 0.215. The van der Waals surface area contributed by atoms with Crippen molar-refractivity contribution in [2.75, 3.05) is 5.32 Å². The number of aromatic nitrogens is 2. The molecule has 0 atom stereocenters. The number of carbonyl (C=O) groups excluding carboxylic acids is 1. The molecule has 0 saturated carbocycles. The van der Waals surface area contributed by atoms with Crippen molar-refractivity contribution < 1.29 is 9.72 Å². The monoisotopic (exact) mass is 350 g/mol. The van der Waals surface area contributed by atoms with E-state index in [2.05, 4.69) is 10.4 Å². The molecule has 130 valence electrons. The summed E-state index contributed by atoms with van der Waals surface area (Å²) in [6.07, 6.45) is 0. The first-order valence-corrected chi connectivity index (χ1v) is 7.71.